The minimum atomic E-state index is -3.88. The molecule has 222 valence electrons. The van der Waals surface area contributed by atoms with E-state index >= 15 is 0 Å². The molecule has 0 aromatic heterocycles. The second kappa shape index (κ2) is 12.9. The SMILES string of the molecule is Cc1ccccc1CN(C(=O)CN(c1ccc2c(c1)OCO2)S(C)(=O)=O)C(Cc1ccccc1)C(=O)NC1CCCC1. The summed E-state index contributed by atoms with van der Waals surface area (Å²) in [6.07, 6.45) is 5.27. The highest BCUT2D eigenvalue weighted by atomic mass is 32.2. The molecule has 3 aromatic rings. The first kappa shape index (κ1) is 29.4. The van der Waals surface area contributed by atoms with Crippen LogP contribution in [0.1, 0.15) is 42.4 Å². The van der Waals surface area contributed by atoms with Crippen molar-refractivity contribution in [3.8, 4) is 11.5 Å². The molecule has 42 heavy (non-hydrogen) atoms. The molecule has 10 heteroatoms. The average Bonchev–Trinajstić information content (AvgIpc) is 3.66. The van der Waals surface area contributed by atoms with Crippen molar-refractivity contribution in [1.29, 1.82) is 0 Å². The number of anilines is 1. The summed E-state index contributed by atoms with van der Waals surface area (Å²) in [7, 11) is -3.88. The van der Waals surface area contributed by atoms with Gasteiger partial charge in [-0.1, -0.05) is 67.4 Å². The number of carbonyl (C=O) groups excluding carboxylic acids is 2. The first-order valence-electron chi connectivity index (χ1n) is 14.2. The number of sulfonamides is 1. The minimum absolute atomic E-state index is 0.0398. The molecular formula is C32H37N3O6S. The van der Waals surface area contributed by atoms with Gasteiger partial charge in [0.15, 0.2) is 11.5 Å². The van der Waals surface area contributed by atoms with E-state index in [0.29, 0.717) is 17.9 Å². The van der Waals surface area contributed by atoms with E-state index in [1.165, 1.54) is 4.90 Å². The van der Waals surface area contributed by atoms with Gasteiger partial charge in [-0.3, -0.25) is 13.9 Å². The van der Waals surface area contributed by atoms with Crippen LogP contribution in [0.15, 0.2) is 72.8 Å². The van der Waals surface area contributed by atoms with Crippen LogP contribution < -0.4 is 19.1 Å². The van der Waals surface area contributed by atoms with Crippen molar-refractivity contribution in [3.05, 3.63) is 89.5 Å². The topological polar surface area (TPSA) is 105 Å². The molecule has 1 aliphatic carbocycles. The van der Waals surface area contributed by atoms with Gasteiger partial charge in [0.25, 0.3) is 0 Å². The summed E-state index contributed by atoms with van der Waals surface area (Å²) in [5.74, 6) is 0.194. The van der Waals surface area contributed by atoms with Gasteiger partial charge in [-0.2, -0.15) is 0 Å². The smallest absolute Gasteiger partial charge is 0.244 e. The first-order chi connectivity index (χ1) is 20.2. The number of nitrogens with one attached hydrogen (secondary N) is 1. The Balaban J connectivity index is 1.51. The van der Waals surface area contributed by atoms with Crippen molar-refractivity contribution in [2.75, 3.05) is 23.9 Å². The number of rotatable bonds is 11. The lowest BCUT2D eigenvalue weighted by atomic mass is 10.0. The third-order valence-electron chi connectivity index (χ3n) is 7.90. The van der Waals surface area contributed by atoms with Gasteiger partial charge in [-0.05, 0) is 48.6 Å². The van der Waals surface area contributed by atoms with E-state index in [-0.39, 0.29) is 31.0 Å². The number of benzene rings is 3. The molecule has 1 unspecified atom stereocenters. The molecule has 9 nitrogen and oxygen atoms in total. The molecular weight excluding hydrogens is 554 g/mol. The second-order valence-corrected chi connectivity index (χ2v) is 12.9. The van der Waals surface area contributed by atoms with Crippen LogP contribution in [0.5, 0.6) is 11.5 Å². The summed E-state index contributed by atoms with van der Waals surface area (Å²) >= 11 is 0. The van der Waals surface area contributed by atoms with Gasteiger partial charge in [-0.15, -0.1) is 0 Å². The zero-order valence-electron chi connectivity index (χ0n) is 24.0. The quantitative estimate of drug-likeness (QED) is 0.359. The molecule has 2 amide bonds. The Hall–Kier alpha value is -4.05. The maximum Gasteiger partial charge on any atom is 0.244 e. The molecule has 1 saturated carbocycles. The van der Waals surface area contributed by atoms with Crippen LogP contribution in [0.25, 0.3) is 0 Å². The summed E-state index contributed by atoms with van der Waals surface area (Å²) in [4.78, 5) is 29.8. The third-order valence-corrected chi connectivity index (χ3v) is 9.04. The van der Waals surface area contributed by atoms with Crippen molar-refractivity contribution in [1.82, 2.24) is 10.2 Å². The molecule has 0 saturated heterocycles. The summed E-state index contributed by atoms with van der Waals surface area (Å²) in [5, 5.41) is 3.18. The molecule has 0 bridgehead atoms. The van der Waals surface area contributed by atoms with Gasteiger partial charge in [0.05, 0.1) is 11.9 Å². The highest BCUT2D eigenvalue weighted by Crippen LogP contribution is 2.36. The number of nitrogens with zero attached hydrogens (tertiary/aromatic N) is 2. The van der Waals surface area contributed by atoms with Crippen LogP contribution in [-0.4, -0.2) is 56.8 Å². The Kier molecular flexibility index (Phi) is 9.01. The molecule has 1 N–H and O–H groups in total. The van der Waals surface area contributed by atoms with E-state index in [9.17, 15) is 18.0 Å². The van der Waals surface area contributed by atoms with Gasteiger partial charge in [0, 0.05) is 25.1 Å². The zero-order chi connectivity index (χ0) is 29.7. The molecule has 2 aliphatic rings. The lowest BCUT2D eigenvalue weighted by Crippen LogP contribution is -2.54. The van der Waals surface area contributed by atoms with E-state index in [0.717, 1.165) is 52.9 Å². The Morgan fingerprint density at radius 3 is 2.36 bits per heavy atom. The van der Waals surface area contributed by atoms with Crippen molar-refractivity contribution >= 4 is 27.5 Å². The standard InChI is InChI=1S/C32H37N3O6S/c1-23-10-6-7-13-25(23)20-34(28(18-24-11-4-3-5-12-24)32(37)33-26-14-8-9-15-26)31(36)21-35(42(2,38)39)27-16-17-29-30(19-27)41-22-40-29/h3-7,10-13,16-17,19,26,28H,8-9,14-15,18,20-22H2,1-2H3,(H,33,37). The normalized spacial score (nSPS) is 15.3. The molecule has 1 fully saturated rings. The number of hydrogen-bond donors (Lipinski definition) is 1. The Morgan fingerprint density at radius 1 is 0.952 bits per heavy atom. The van der Waals surface area contributed by atoms with Gasteiger partial charge < -0.3 is 19.7 Å². The maximum absolute atomic E-state index is 14.3. The molecule has 0 radical (unpaired) electrons. The van der Waals surface area contributed by atoms with Crippen LogP contribution >= 0.6 is 0 Å². The highest BCUT2D eigenvalue weighted by molar-refractivity contribution is 7.92. The molecule has 0 spiro atoms. The molecule has 1 atom stereocenters. The van der Waals surface area contributed by atoms with E-state index in [1.807, 2.05) is 61.5 Å². The molecule has 3 aromatic carbocycles. The zero-order valence-corrected chi connectivity index (χ0v) is 24.8. The van der Waals surface area contributed by atoms with Gasteiger partial charge in [-0.25, -0.2) is 8.42 Å². The van der Waals surface area contributed by atoms with Crippen LogP contribution in [-0.2, 0) is 32.6 Å². The number of hydrogen-bond acceptors (Lipinski definition) is 6. The number of aryl methyl sites for hydroxylation is 1. The maximum atomic E-state index is 14.3. The largest absolute Gasteiger partial charge is 0.454 e. The predicted octanol–water partition coefficient (Wildman–Crippen LogP) is 4.19. The monoisotopic (exact) mass is 591 g/mol. The van der Waals surface area contributed by atoms with Crippen LogP contribution in [0.2, 0.25) is 0 Å². The van der Waals surface area contributed by atoms with E-state index in [4.69, 9.17) is 9.47 Å². The van der Waals surface area contributed by atoms with Gasteiger partial charge in [0.1, 0.15) is 12.6 Å². The van der Waals surface area contributed by atoms with Crippen molar-refractivity contribution < 1.29 is 27.5 Å². The van der Waals surface area contributed by atoms with Crippen LogP contribution in [0.4, 0.5) is 5.69 Å². The Bertz CT molecular complexity index is 1520. The fourth-order valence-electron chi connectivity index (χ4n) is 5.55. The van der Waals surface area contributed by atoms with Crippen molar-refractivity contribution in [3.63, 3.8) is 0 Å². The van der Waals surface area contributed by atoms with Gasteiger partial charge >= 0.3 is 0 Å². The summed E-state index contributed by atoms with van der Waals surface area (Å²) < 4.78 is 37.9. The highest BCUT2D eigenvalue weighted by Gasteiger charge is 2.34. The predicted molar refractivity (Wildman–Crippen MR) is 161 cm³/mol. The minimum Gasteiger partial charge on any atom is -0.454 e. The summed E-state index contributed by atoms with van der Waals surface area (Å²) in [6.45, 7) is 1.67. The summed E-state index contributed by atoms with van der Waals surface area (Å²) in [6, 6.07) is 21.2. The lowest BCUT2D eigenvalue weighted by molar-refractivity contribution is -0.140. The number of ether oxygens (including phenoxy) is 2. The van der Waals surface area contributed by atoms with E-state index in [2.05, 4.69) is 5.32 Å². The fraction of sp³-hybridized carbons (Fsp3) is 0.375. The Labute approximate surface area is 247 Å². The van der Waals surface area contributed by atoms with Crippen LogP contribution in [0, 0.1) is 6.92 Å². The van der Waals surface area contributed by atoms with Crippen molar-refractivity contribution in [2.24, 2.45) is 0 Å². The number of amides is 2. The fourth-order valence-corrected chi connectivity index (χ4v) is 6.39. The second-order valence-electron chi connectivity index (χ2n) is 11.0. The molecule has 5 rings (SSSR count). The first-order valence-corrected chi connectivity index (χ1v) is 16.1. The van der Waals surface area contributed by atoms with E-state index in [1.54, 1.807) is 18.2 Å². The number of carbonyl (C=O) groups is 2. The van der Waals surface area contributed by atoms with Crippen molar-refractivity contribution in [2.45, 2.75) is 57.7 Å². The van der Waals surface area contributed by atoms with Gasteiger partial charge in [0.2, 0.25) is 28.6 Å². The van der Waals surface area contributed by atoms with E-state index < -0.39 is 28.5 Å². The Morgan fingerprint density at radius 2 is 1.64 bits per heavy atom. The average molecular weight is 592 g/mol. The lowest BCUT2D eigenvalue weighted by Gasteiger charge is -2.34. The molecule has 1 aliphatic heterocycles. The third kappa shape index (κ3) is 7.05. The molecule has 1 heterocycles. The van der Waals surface area contributed by atoms with Crippen LogP contribution in [0.3, 0.4) is 0 Å². The summed E-state index contributed by atoms with van der Waals surface area (Å²) in [5.41, 5.74) is 3.04. The number of fused-ring (bicyclic) bond motifs is 1.